The Morgan fingerprint density at radius 2 is 1.74 bits per heavy atom. The molecule has 0 aromatic heterocycles. The van der Waals surface area contributed by atoms with Gasteiger partial charge in [-0.15, -0.1) is 0 Å². The van der Waals surface area contributed by atoms with Crippen molar-refractivity contribution >= 4 is 20.6 Å². The van der Waals surface area contributed by atoms with E-state index in [-0.39, 0.29) is 5.75 Å². The monoisotopic (exact) mass is 327 g/mol. The first-order chi connectivity index (χ1) is 8.70. The number of nitrogens with one attached hydrogen (secondary N) is 1. The van der Waals surface area contributed by atoms with Crippen LogP contribution in [0.3, 0.4) is 0 Å². The van der Waals surface area contributed by atoms with Crippen molar-refractivity contribution < 1.29 is 26.2 Å². The van der Waals surface area contributed by atoms with Crippen molar-refractivity contribution in [3.63, 3.8) is 0 Å². The molecular formula is C10H18F5NOS2. The molecular weight excluding hydrogens is 309 g/mol. The fourth-order valence-electron chi connectivity index (χ4n) is 1.17. The fraction of sp³-hybridized carbons (Fsp3) is 1.00. The molecule has 2 nitrogen and oxygen atoms in total. The van der Waals surface area contributed by atoms with Crippen LogP contribution in [0.2, 0.25) is 0 Å². The largest absolute Gasteiger partial charge is 0.453 e. The molecule has 0 aliphatic carbocycles. The lowest BCUT2D eigenvalue weighted by molar-refractivity contribution is -0.284. The second-order valence-corrected chi connectivity index (χ2v) is 7.43. The van der Waals surface area contributed by atoms with Crippen molar-refractivity contribution in [2.75, 3.05) is 25.1 Å². The van der Waals surface area contributed by atoms with Crippen molar-refractivity contribution in [2.24, 2.45) is 0 Å². The topological polar surface area (TPSA) is 29.1 Å². The van der Waals surface area contributed by atoms with Crippen LogP contribution >= 0.6 is 10.8 Å². The zero-order valence-electron chi connectivity index (χ0n) is 10.6. The average molecular weight is 327 g/mol. The minimum absolute atomic E-state index is 0.137. The van der Waals surface area contributed by atoms with Crippen LogP contribution in [0.25, 0.3) is 0 Å². The van der Waals surface area contributed by atoms with Crippen molar-refractivity contribution in [1.82, 2.24) is 5.32 Å². The number of rotatable bonds is 10. The van der Waals surface area contributed by atoms with Crippen LogP contribution in [-0.2, 0) is 9.83 Å². The summed E-state index contributed by atoms with van der Waals surface area (Å²) in [7, 11) is 1.52. The summed E-state index contributed by atoms with van der Waals surface area (Å²) in [5.41, 5.74) is 0. The van der Waals surface area contributed by atoms with Gasteiger partial charge in [0.15, 0.2) is 0 Å². The van der Waals surface area contributed by atoms with Gasteiger partial charge in [-0.3, -0.25) is 0 Å². The van der Waals surface area contributed by atoms with Crippen LogP contribution in [0.1, 0.15) is 25.7 Å². The first kappa shape index (κ1) is 19.1. The third kappa shape index (κ3) is 8.80. The lowest BCUT2D eigenvalue weighted by Gasteiger charge is -2.18. The highest BCUT2D eigenvalue weighted by Crippen LogP contribution is 2.38. The molecule has 0 heterocycles. The van der Waals surface area contributed by atoms with E-state index in [1.807, 2.05) is 7.05 Å². The van der Waals surface area contributed by atoms with Crippen LogP contribution < -0.4 is 5.32 Å². The summed E-state index contributed by atoms with van der Waals surface area (Å²) >= 11 is 0. The standard InChI is InChI=1S/C10H18F5NOS2/c1-16-6-2-3-7-18-19(17)8-4-5-9(11,12)10(13,14)15/h16H,2-8H2,1H3. The fourth-order valence-corrected chi connectivity index (χ4v) is 3.79. The van der Waals surface area contributed by atoms with Gasteiger partial charge in [-0.05, 0) is 32.9 Å². The van der Waals surface area contributed by atoms with E-state index >= 15 is 0 Å². The molecule has 0 aliphatic rings. The first-order valence-electron chi connectivity index (χ1n) is 5.81. The van der Waals surface area contributed by atoms with Crippen LogP contribution in [-0.4, -0.2) is 41.4 Å². The van der Waals surface area contributed by atoms with Gasteiger partial charge in [0.2, 0.25) is 0 Å². The highest BCUT2D eigenvalue weighted by Gasteiger charge is 2.56. The van der Waals surface area contributed by atoms with E-state index in [0.717, 1.165) is 30.2 Å². The third-order valence-electron chi connectivity index (χ3n) is 2.25. The van der Waals surface area contributed by atoms with E-state index in [1.54, 1.807) is 0 Å². The second-order valence-electron chi connectivity index (χ2n) is 3.95. The molecule has 0 saturated carbocycles. The van der Waals surface area contributed by atoms with E-state index < -0.39 is 34.8 Å². The lowest BCUT2D eigenvalue weighted by Crippen LogP contribution is -2.36. The number of alkyl halides is 5. The Morgan fingerprint density at radius 1 is 1.11 bits per heavy atom. The van der Waals surface area contributed by atoms with Gasteiger partial charge in [-0.25, -0.2) is 4.21 Å². The molecule has 116 valence electrons. The maximum Gasteiger partial charge on any atom is 0.453 e. The lowest BCUT2D eigenvalue weighted by atomic mass is 10.2. The Morgan fingerprint density at radius 3 is 2.26 bits per heavy atom. The number of halogens is 5. The van der Waals surface area contributed by atoms with Crippen LogP contribution in [0.15, 0.2) is 0 Å². The third-order valence-corrected chi connectivity index (χ3v) is 5.38. The molecule has 0 radical (unpaired) electrons. The molecule has 0 aromatic carbocycles. The van der Waals surface area contributed by atoms with Gasteiger partial charge in [-0.1, -0.05) is 10.8 Å². The average Bonchev–Trinajstić information content (AvgIpc) is 2.27. The molecule has 1 unspecified atom stereocenters. The number of hydrogen-bond acceptors (Lipinski definition) is 3. The molecule has 0 spiro atoms. The molecule has 0 rings (SSSR count). The summed E-state index contributed by atoms with van der Waals surface area (Å²) in [5.74, 6) is -4.21. The zero-order valence-corrected chi connectivity index (χ0v) is 12.2. The van der Waals surface area contributed by atoms with E-state index in [9.17, 15) is 26.2 Å². The quantitative estimate of drug-likeness (QED) is 0.379. The van der Waals surface area contributed by atoms with Crippen LogP contribution in [0, 0.1) is 0 Å². The van der Waals surface area contributed by atoms with Crippen molar-refractivity contribution in [3.8, 4) is 0 Å². The molecule has 0 aliphatic heterocycles. The van der Waals surface area contributed by atoms with Gasteiger partial charge in [0.05, 0.1) is 9.83 Å². The van der Waals surface area contributed by atoms with Crippen LogP contribution in [0.5, 0.6) is 0 Å². The van der Waals surface area contributed by atoms with Gasteiger partial charge < -0.3 is 5.32 Å². The Balaban J connectivity index is 3.69. The summed E-state index contributed by atoms with van der Waals surface area (Å²) in [4.78, 5) is 0. The first-order valence-corrected chi connectivity index (χ1v) is 8.63. The highest BCUT2D eigenvalue weighted by molar-refractivity contribution is 8.69. The normalized spacial score (nSPS) is 14.6. The van der Waals surface area contributed by atoms with Gasteiger partial charge in [0, 0.05) is 17.9 Å². The molecule has 9 heteroatoms. The van der Waals surface area contributed by atoms with Gasteiger partial charge >= 0.3 is 12.1 Å². The number of unbranched alkanes of at least 4 members (excludes halogenated alkanes) is 1. The van der Waals surface area contributed by atoms with Crippen LogP contribution in [0.4, 0.5) is 22.0 Å². The van der Waals surface area contributed by atoms with E-state index in [2.05, 4.69) is 5.32 Å². The summed E-state index contributed by atoms with van der Waals surface area (Å²) in [6.07, 6.45) is -5.48. The molecule has 0 aromatic rings. The molecule has 0 amide bonds. The maximum atomic E-state index is 12.5. The van der Waals surface area contributed by atoms with E-state index in [0.29, 0.717) is 5.75 Å². The predicted octanol–water partition coefficient (Wildman–Crippen LogP) is 3.36. The van der Waals surface area contributed by atoms with Gasteiger partial charge in [0.1, 0.15) is 0 Å². The van der Waals surface area contributed by atoms with Gasteiger partial charge in [0.25, 0.3) is 0 Å². The van der Waals surface area contributed by atoms with E-state index in [4.69, 9.17) is 0 Å². The molecule has 19 heavy (non-hydrogen) atoms. The Kier molecular flexibility index (Phi) is 9.17. The van der Waals surface area contributed by atoms with Crippen molar-refractivity contribution in [2.45, 2.75) is 37.8 Å². The second kappa shape index (κ2) is 9.12. The zero-order chi connectivity index (χ0) is 14.9. The summed E-state index contributed by atoms with van der Waals surface area (Å²) in [6, 6.07) is 0. The molecule has 0 bridgehead atoms. The minimum Gasteiger partial charge on any atom is -0.320 e. The Bertz CT molecular complexity index is 273. The molecule has 1 N–H and O–H groups in total. The predicted molar refractivity (Wildman–Crippen MR) is 68.9 cm³/mol. The Labute approximate surface area is 115 Å². The molecule has 0 fully saturated rings. The summed E-state index contributed by atoms with van der Waals surface area (Å²) < 4.78 is 71.9. The maximum absolute atomic E-state index is 12.5. The molecule has 1 atom stereocenters. The smallest absolute Gasteiger partial charge is 0.320 e. The van der Waals surface area contributed by atoms with Crippen molar-refractivity contribution in [3.05, 3.63) is 0 Å². The summed E-state index contributed by atoms with van der Waals surface area (Å²) in [5, 5.41) is 2.95. The number of hydrogen-bond donors (Lipinski definition) is 1. The van der Waals surface area contributed by atoms with E-state index in [1.165, 1.54) is 0 Å². The highest BCUT2D eigenvalue weighted by atomic mass is 33.1. The summed E-state index contributed by atoms with van der Waals surface area (Å²) in [6.45, 7) is 0.838. The van der Waals surface area contributed by atoms with Gasteiger partial charge in [-0.2, -0.15) is 22.0 Å². The minimum atomic E-state index is -5.52. The van der Waals surface area contributed by atoms with Crippen molar-refractivity contribution in [1.29, 1.82) is 0 Å². The Hall–Kier alpha value is 0.110. The molecule has 0 saturated heterocycles. The SMILES string of the molecule is CNCCCCSS(=O)CCCC(F)(F)C(F)(F)F.